The lowest BCUT2D eigenvalue weighted by Gasteiger charge is -1.98. The lowest BCUT2D eigenvalue weighted by atomic mass is 10.1. The Balaban J connectivity index is 2.72. The van der Waals surface area contributed by atoms with Crippen molar-refractivity contribution >= 4 is 17.6 Å². The number of carbonyl (C=O) groups is 1. The molecule has 0 heterocycles. The molecule has 0 aromatic heterocycles. The van der Waals surface area contributed by atoms with Crippen LogP contribution in [0.1, 0.15) is 13.8 Å². The van der Waals surface area contributed by atoms with Crippen molar-refractivity contribution in [2.75, 3.05) is 7.11 Å². The molecule has 0 spiro atoms. The van der Waals surface area contributed by atoms with Crippen LogP contribution in [0.2, 0.25) is 0 Å². The Labute approximate surface area is 81.7 Å². The summed E-state index contributed by atoms with van der Waals surface area (Å²) in [5.74, 6) is -0.705. The number of allylic oxidation sites excluding steroid dienone is 1. The van der Waals surface area contributed by atoms with Gasteiger partial charge in [-0.1, -0.05) is 25.4 Å². The van der Waals surface area contributed by atoms with Crippen LogP contribution in [0.4, 0.5) is 4.39 Å². The van der Waals surface area contributed by atoms with Gasteiger partial charge in [0.05, 0.1) is 13.0 Å². The molecule has 1 saturated carbocycles. The van der Waals surface area contributed by atoms with Crippen molar-refractivity contribution in [3.05, 3.63) is 11.4 Å². The molecule has 0 aromatic carbocycles. The minimum absolute atomic E-state index is 0.141. The number of carbonyl (C=O) groups excluding carboxylic acids is 1. The van der Waals surface area contributed by atoms with E-state index in [2.05, 4.69) is 4.74 Å². The molecule has 1 aliphatic rings. The normalized spacial score (nSPS) is 31.3. The molecule has 0 aliphatic heterocycles. The predicted molar refractivity (Wildman–Crippen MR) is 47.8 cm³/mol. The second kappa shape index (κ2) is 3.29. The van der Waals surface area contributed by atoms with Gasteiger partial charge in [-0.05, 0) is 11.5 Å². The molecule has 0 aromatic rings. The molecule has 0 N–H and O–H groups in total. The number of hydrogen-bond acceptors (Lipinski definition) is 2. The van der Waals surface area contributed by atoms with Gasteiger partial charge in [-0.25, -0.2) is 0 Å². The lowest BCUT2D eigenvalue weighted by Crippen LogP contribution is -2.07. The fourth-order valence-electron chi connectivity index (χ4n) is 1.70. The third-order valence-electron chi connectivity index (χ3n) is 2.67. The molecule has 4 heteroatoms. The van der Waals surface area contributed by atoms with Gasteiger partial charge < -0.3 is 4.74 Å². The average Bonchev–Trinajstić information content (AvgIpc) is 2.51. The highest BCUT2D eigenvalue weighted by Gasteiger charge is 2.61. The molecule has 2 atom stereocenters. The third kappa shape index (κ3) is 1.85. The Morgan fingerprint density at radius 2 is 2.15 bits per heavy atom. The van der Waals surface area contributed by atoms with Crippen LogP contribution in [0.3, 0.4) is 0 Å². The van der Waals surface area contributed by atoms with Crippen molar-refractivity contribution in [1.82, 2.24) is 0 Å². The monoisotopic (exact) mass is 206 g/mol. The van der Waals surface area contributed by atoms with Crippen molar-refractivity contribution in [2.45, 2.75) is 13.8 Å². The molecule has 13 heavy (non-hydrogen) atoms. The number of hydrogen-bond donors (Lipinski definition) is 0. The minimum atomic E-state index is -0.760. The highest BCUT2D eigenvalue weighted by atomic mass is 35.5. The van der Waals surface area contributed by atoms with E-state index in [1.807, 2.05) is 13.8 Å². The van der Waals surface area contributed by atoms with Gasteiger partial charge in [0.2, 0.25) is 0 Å². The summed E-state index contributed by atoms with van der Waals surface area (Å²) in [6, 6.07) is 0. The molecule has 1 rings (SSSR count). The number of rotatable bonds is 2. The summed E-state index contributed by atoms with van der Waals surface area (Å²) in [6.45, 7) is 3.77. The zero-order chi connectivity index (χ0) is 10.2. The van der Waals surface area contributed by atoms with E-state index in [1.54, 1.807) is 0 Å². The van der Waals surface area contributed by atoms with Gasteiger partial charge in [-0.2, -0.15) is 4.39 Å². The summed E-state index contributed by atoms with van der Waals surface area (Å²) < 4.78 is 16.9. The first-order valence-corrected chi connectivity index (χ1v) is 4.39. The van der Waals surface area contributed by atoms with Gasteiger partial charge in [-0.15, -0.1) is 0 Å². The molecule has 74 valence electrons. The van der Waals surface area contributed by atoms with E-state index in [-0.39, 0.29) is 23.2 Å². The van der Waals surface area contributed by atoms with Crippen LogP contribution in [0.5, 0.6) is 0 Å². The number of methoxy groups -OCH3 is 1. The maximum Gasteiger partial charge on any atom is 0.309 e. The van der Waals surface area contributed by atoms with Gasteiger partial charge in [0, 0.05) is 5.92 Å². The summed E-state index contributed by atoms with van der Waals surface area (Å²) in [4.78, 5) is 11.2. The standard InChI is InChI=1S/C9H12ClFO2/c1-9(2)5(4-6(10)11)7(9)8(12)13-3/h4-5,7H,1-3H3. The quantitative estimate of drug-likeness (QED) is 0.649. The Morgan fingerprint density at radius 1 is 1.62 bits per heavy atom. The van der Waals surface area contributed by atoms with Crippen LogP contribution in [0, 0.1) is 17.3 Å². The molecule has 0 amide bonds. The summed E-state index contributed by atoms with van der Waals surface area (Å²) in [5.41, 5.74) is -0.237. The molecular formula is C9H12ClFO2. The van der Waals surface area contributed by atoms with Crippen molar-refractivity contribution in [3.63, 3.8) is 0 Å². The minimum Gasteiger partial charge on any atom is -0.469 e. The van der Waals surface area contributed by atoms with Crippen molar-refractivity contribution < 1.29 is 13.9 Å². The SMILES string of the molecule is COC(=O)C1C(C=C(F)Cl)C1(C)C. The topological polar surface area (TPSA) is 26.3 Å². The van der Waals surface area contributed by atoms with Crippen molar-refractivity contribution in [2.24, 2.45) is 17.3 Å². The van der Waals surface area contributed by atoms with Crippen molar-refractivity contribution in [1.29, 1.82) is 0 Å². The Kier molecular flexibility index (Phi) is 2.66. The summed E-state index contributed by atoms with van der Waals surface area (Å²) in [6.07, 6.45) is 1.27. The van der Waals surface area contributed by atoms with Crippen LogP contribution in [0.15, 0.2) is 11.4 Å². The molecule has 0 saturated heterocycles. The number of esters is 1. The highest BCUT2D eigenvalue weighted by Crippen LogP contribution is 2.59. The van der Waals surface area contributed by atoms with Crippen LogP contribution in [0.25, 0.3) is 0 Å². The average molecular weight is 207 g/mol. The Bertz CT molecular complexity index is 256. The Morgan fingerprint density at radius 3 is 2.54 bits per heavy atom. The van der Waals surface area contributed by atoms with E-state index in [4.69, 9.17) is 11.6 Å². The molecular weight excluding hydrogens is 195 g/mol. The molecule has 0 radical (unpaired) electrons. The lowest BCUT2D eigenvalue weighted by molar-refractivity contribution is -0.143. The smallest absolute Gasteiger partial charge is 0.309 e. The molecule has 2 unspecified atom stereocenters. The van der Waals surface area contributed by atoms with E-state index < -0.39 is 5.29 Å². The number of halogens is 2. The van der Waals surface area contributed by atoms with Crippen LogP contribution >= 0.6 is 11.6 Å². The third-order valence-corrected chi connectivity index (χ3v) is 2.80. The van der Waals surface area contributed by atoms with E-state index in [0.29, 0.717) is 0 Å². The Hall–Kier alpha value is -0.570. The first-order chi connectivity index (χ1) is 5.91. The van der Waals surface area contributed by atoms with E-state index in [1.165, 1.54) is 13.2 Å². The maximum atomic E-state index is 12.4. The van der Waals surface area contributed by atoms with Gasteiger partial charge in [0.25, 0.3) is 0 Å². The fourth-order valence-corrected chi connectivity index (χ4v) is 1.84. The summed E-state index contributed by atoms with van der Waals surface area (Å²) >= 11 is 5.10. The number of ether oxygens (including phenoxy) is 1. The second-order valence-corrected chi connectivity index (χ2v) is 4.17. The second-order valence-electron chi connectivity index (χ2n) is 3.80. The fraction of sp³-hybridized carbons (Fsp3) is 0.667. The largest absolute Gasteiger partial charge is 0.469 e. The van der Waals surface area contributed by atoms with Crippen LogP contribution in [-0.2, 0) is 9.53 Å². The van der Waals surface area contributed by atoms with Gasteiger partial charge in [0.1, 0.15) is 0 Å². The van der Waals surface area contributed by atoms with Gasteiger partial charge in [0.15, 0.2) is 5.29 Å². The zero-order valence-electron chi connectivity index (χ0n) is 7.80. The van der Waals surface area contributed by atoms with E-state index in [0.717, 1.165) is 0 Å². The van der Waals surface area contributed by atoms with Gasteiger partial charge in [-0.3, -0.25) is 4.79 Å². The van der Waals surface area contributed by atoms with Crippen LogP contribution in [-0.4, -0.2) is 13.1 Å². The first-order valence-electron chi connectivity index (χ1n) is 4.02. The molecule has 1 fully saturated rings. The summed E-state index contributed by atoms with van der Waals surface area (Å²) in [5, 5.41) is -0.760. The van der Waals surface area contributed by atoms with E-state index in [9.17, 15) is 9.18 Å². The van der Waals surface area contributed by atoms with Gasteiger partial charge >= 0.3 is 5.97 Å². The zero-order valence-corrected chi connectivity index (χ0v) is 8.56. The highest BCUT2D eigenvalue weighted by molar-refractivity contribution is 6.28. The molecule has 2 nitrogen and oxygen atoms in total. The molecule has 0 bridgehead atoms. The van der Waals surface area contributed by atoms with Crippen molar-refractivity contribution in [3.8, 4) is 0 Å². The maximum absolute atomic E-state index is 12.4. The predicted octanol–water partition coefficient (Wildman–Crippen LogP) is 2.48. The first kappa shape index (κ1) is 10.5. The molecule has 1 aliphatic carbocycles. The van der Waals surface area contributed by atoms with Crippen LogP contribution < -0.4 is 0 Å². The van der Waals surface area contributed by atoms with E-state index >= 15 is 0 Å². The summed E-state index contributed by atoms with van der Waals surface area (Å²) in [7, 11) is 1.33.